The Labute approximate surface area is 154 Å². The van der Waals surface area contributed by atoms with Crippen molar-refractivity contribution < 1.29 is 18.3 Å². The Kier molecular flexibility index (Phi) is 4.48. The lowest BCUT2D eigenvalue weighted by molar-refractivity contribution is -0.0497. The van der Waals surface area contributed by atoms with Gasteiger partial charge in [-0.25, -0.2) is 4.42 Å². The monoisotopic (exact) mass is 384 g/mol. The first-order valence-corrected chi connectivity index (χ1v) is 8.92. The number of ether oxygens (including phenoxy) is 1. The molecule has 1 amide bonds. The maximum absolute atomic E-state index is 12.9. The van der Waals surface area contributed by atoms with E-state index in [1.165, 1.54) is 16.6 Å². The van der Waals surface area contributed by atoms with Crippen molar-refractivity contribution in [3.63, 3.8) is 0 Å². The summed E-state index contributed by atoms with van der Waals surface area (Å²) >= 11 is 6.39. The van der Waals surface area contributed by atoms with Gasteiger partial charge in [-0.05, 0) is 50.9 Å². The van der Waals surface area contributed by atoms with Crippen LogP contribution in [0.25, 0.3) is 10.9 Å². The summed E-state index contributed by atoms with van der Waals surface area (Å²) in [4.78, 5) is 15.2. The number of halogens is 3. The normalized spacial score (nSPS) is 25.8. The van der Waals surface area contributed by atoms with Gasteiger partial charge in [0.05, 0.1) is 11.6 Å². The molecule has 0 aliphatic carbocycles. The van der Waals surface area contributed by atoms with Crippen molar-refractivity contribution in [3.05, 3.63) is 23.9 Å². The first-order valence-electron chi connectivity index (χ1n) is 8.58. The highest BCUT2D eigenvalue weighted by atomic mass is 35.5. The number of aromatic amines is 1. The maximum atomic E-state index is 12.9. The van der Waals surface area contributed by atoms with Crippen molar-refractivity contribution in [3.8, 4) is 5.75 Å². The van der Waals surface area contributed by atoms with Gasteiger partial charge < -0.3 is 9.64 Å². The molecule has 1 N–H and O–H groups in total. The number of fused-ring (bicyclic) bond motifs is 3. The van der Waals surface area contributed by atoms with E-state index in [9.17, 15) is 13.6 Å². The number of benzene rings is 1. The number of alkyl halides is 2. The number of rotatable bonds is 4. The summed E-state index contributed by atoms with van der Waals surface area (Å²) in [5, 5.41) is 7.19. The smallest absolute Gasteiger partial charge is 0.387 e. The van der Waals surface area contributed by atoms with Crippen molar-refractivity contribution in [2.75, 3.05) is 7.05 Å². The van der Waals surface area contributed by atoms with E-state index in [0.717, 1.165) is 25.7 Å². The molecule has 6 nitrogen and oxygen atoms in total. The molecule has 2 saturated heterocycles. The van der Waals surface area contributed by atoms with Crippen LogP contribution in [0.5, 0.6) is 5.75 Å². The molecule has 1 aromatic carbocycles. The van der Waals surface area contributed by atoms with Gasteiger partial charge in [-0.1, -0.05) is 0 Å². The Morgan fingerprint density at radius 2 is 2.08 bits per heavy atom. The zero-order valence-electron chi connectivity index (χ0n) is 14.2. The van der Waals surface area contributed by atoms with Crippen molar-refractivity contribution in [1.82, 2.24) is 19.5 Å². The molecule has 2 unspecified atom stereocenters. The minimum absolute atomic E-state index is 0.0265. The second-order valence-corrected chi connectivity index (χ2v) is 7.31. The summed E-state index contributed by atoms with van der Waals surface area (Å²) in [6, 6.07) is 5.13. The standard InChI is InChI=1S/C17H19ClF2N4O2/c1-23-9-2-3-10(23)7-11(6-9)24(18)16(25)15-13-8-12(26-17(19)20)4-5-14(13)21-22-15/h4-5,8-11,17H,2-3,6-7H2,1H3,(H,21,22). The summed E-state index contributed by atoms with van der Waals surface area (Å²) in [5.41, 5.74) is 0.671. The lowest BCUT2D eigenvalue weighted by atomic mass is 9.97. The minimum atomic E-state index is -2.93. The van der Waals surface area contributed by atoms with Crippen molar-refractivity contribution in [2.45, 2.75) is 50.4 Å². The first kappa shape index (κ1) is 17.5. The summed E-state index contributed by atoms with van der Waals surface area (Å²) in [6.45, 7) is -2.93. The third kappa shape index (κ3) is 3.01. The molecule has 0 radical (unpaired) electrons. The Balaban J connectivity index is 1.57. The van der Waals surface area contributed by atoms with E-state index in [2.05, 4.69) is 26.9 Å². The van der Waals surface area contributed by atoms with Crippen LogP contribution in [0.15, 0.2) is 18.2 Å². The van der Waals surface area contributed by atoms with Crippen LogP contribution in [0, 0.1) is 0 Å². The largest absolute Gasteiger partial charge is 0.435 e. The van der Waals surface area contributed by atoms with Crippen LogP contribution < -0.4 is 4.74 Å². The Morgan fingerprint density at radius 1 is 1.38 bits per heavy atom. The summed E-state index contributed by atoms with van der Waals surface area (Å²) in [6.07, 6.45) is 3.89. The predicted octanol–water partition coefficient (Wildman–Crippen LogP) is 3.39. The van der Waals surface area contributed by atoms with Crippen LogP contribution >= 0.6 is 11.8 Å². The van der Waals surface area contributed by atoms with Gasteiger partial charge in [0.25, 0.3) is 5.91 Å². The second kappa shape index (κ2) is 6.66. The number of nitrogens with zero attached hydrogens (tertiary/aromatic N) is 3. The molecular weight excluding hydrogens is 366 g/mol. The summed E-state index contributed by atoms with van der Waals surface area (Å²) in [5.74, 6) is -0.456. The van der Waals surface area contributed by atoms with Gasteiger partial charge >= 0.3 is 6.61 Å². The quantitative estimate of drug-likeness (QED) is 0.821. The average Bonchev–Trinajstić information content (AvgIpc) is 3.08. The van der Waals surface area contributed by atoms with Crippen LogP contribution in [-0.4, -0.2) is 57.2 Å². The van der Waals surface area contributed by atoms with Gasteiger partial charge in [0, 0.05) is 29.2 Å². The number of nitrogens with one attached hydrogen (secondary N) is 1. The SMILES string of the molecule is CN1C2CCC1CC(N(Cl)C(=O)c1n[nH]c3ccc(OC(F)F)cc13)C2. The fraction of sp³-hybridized carbons (Fsp3) is 0.529. The Hall–Kier alpha value is -1.93. The number of hydrogen-bond acceptors (Lipinski definition) is 4. The zero-order valence-corrected chi connectivity index (χ0v) is 14.9. The number of amides is 1. The number of H-pyrrole nitrogens is 1. The highest BCUT2D eigenvalue weighted by Gasteiger charge is 2.42. The minimum Gasteiger partial charge on any atom is -0.435 e. The van der Waals surface area contributed by atoms with Gasteiger partial charge in [-0.2, -0.15) is 13.9 Å². The van der Waals surface area contributed by atoms with E-state index in [0.29, 0.717) is 23.0 Å². The molecule has 2 aliphatic rings. The van der Waals surface area contributed by atoms with Crippen LogP contribution in [0.4, 0.5) is 8.78 Å². The van der Waals surface area contributed by atoms with E-state index in [1.54, 1.807) is 6.07 Å². The van der Waals surface area contributed by atoms with Gasteiger partial charge in [-0.3, -0.25) is 9.89 Å². The van der Waals surface area contributed by atoms with Crippen LogP contribution in [0.1, 0.15) is 36.2 Å². The molecule has 0 spiro atoms. The fourth-order valence-corrected chi connectivity index (χ4v) is 4.41. The van der Waals surface area contributed by atoms with Crippen molar-refractivity contribution in [1.29, 1.82) is 0 Å². The van der Waals surface area contributed by atoms with Crippen LogP contribution in [0.2, 0.25) is 0 Å². The molecule has 4 rings (SSSR count). The number of piperidine rings is 1. The molecule has 26 heavy (non-hydrogen) atoms. The maximum Gasteiger partial charge on any atom is 0.387 e. The van der Waals surface area contributed by atoms with E-state index in [-0.39, 0.29) is 17.5 Å². The zero-order chi connectivity index (χ0) is 18.4. The van der Waals surface area contributed by atoms with Crippen molar-refractivity contribution >= 4 is 28.6 Å². The van der Waals surface area contributed by atoms with Crippen LogP contribution in [-0.2, 0) is 0 Å². The molecule has 2 aliphatic heterocycles. The number of hydrogen-bond donors (Lipinski definition) is 1. The topological polar surface area (TPSA) is 61.5 Å². The molecular formula is C17H19ClF2N4O2. The number of carbonyl (C=O) groups is 1. The molecule has 3 heterocycles. The summed E-state index contributed by atoms with van der Waals surface area (Å²) < 4.78 is 30.5. The predicted molar refractivity (Wildman–Crippen MR) is 92.3 cm³/mol. The molecule has 9 heteroatoms. The molecule has 2 fully saturated rings. The lowest BCUT2D eigenvalue weighted by Crippen LogP contribution is -2.47. The highest BCUT2D eigenvalue weighted by molar-refractivity contribution is 6.25. The molecule has 1 aromatic heterocycles. The third-order valence-electron chi connectivity index (χ3n) is 5.55. The van der Waals surface area contributed by atoms with Gasteiger partial charge in [0.15, 0.2) is 5.69 Å². The molecule has 0 saturated carbocycles. The van der Waals surface area contributed by atoms with Gasteiger partial charge in [0.2, 0.25) is 0 Å². The number of aromatic nitrogens is 2. The molecule has 140 valence electrons. The Morgan fingerprint density at radius 3 is 2.73 bits per heavy atom. The van der Waals surface area contributed by atoms with Gasteiger partial charge in [0.1, 0.15) is 5.75 Å². The summed E-state index contributed by atoms with van der Waals surface area (Å²) in [7, 11) is 2.12. The second-order valence-electron chi connectivity index (χ2n) is 6.95. The lowest BCUT2D eigenvalue weighted by Gasteiger charge is -2.38. The first-order chi connectivity index (χ1) is 12.4. The number of carbonyl (C=O) groups excluding carboxylic acids is 1. The molecule has 2 aromatic rings. The Bertz CT molecular complexity index is 816. The fourth-order valence-electron chi connectivity index (χ4n) is 4.17. The molecule has 2 atom stereocenters. The van der Waals surface area contributed by atoms with E-state index < -0.39 is 12.5 Å². The van der Waals surface area contributed by atoms with Gasteiger partial charge in [-0.15, -0.1) is 0 Å². The van der Waals surface area contributed by atoms with Crippen LogP contribution in [0.3, 0.4) is 0 Å². The average molecular weight is 385 g/mol. The van der Waals surface area contributed by atoms with E-state index in [4.69, 9.17) is 11.8 Å². The van der Waals surface area contributed by atoms with E-state index in [1.807, 2.05) is 0 Å². The van der Waals surface area contributed by atoms with E-state index >= 15 is 0 Å². The molecule has 2 bridgehead atoms. The van der Waals surface area contributed by atoms with Crippen molar-refractivity contribution in [2.24, 2.45) is 0 Å². The highest BCUT2D eigenvalue weighted by Crippen LogP contribution is 2.37. The third-order valence-corrected chi connectivity index (χ3v) is 5.98.